The molecule has 0 aromatic heterocycles. The first-order chi connectivity index (χ1) is 4.88. The molecular formula is C8H9NS. The predicted octanol–water partition coefficient (Wildman–Crippen LogP) is 2.35. The zero-order valence-corrected chi connectivity index (χ0v) is 6.68. The first kappa shape index (κ1) is 5.98. The fourth-order valence-electron chi connectivity index (χ4n) is 1.08. The molecule has 0 N–H and O–H groups in total. The van der Waals surface area contributed by atoms with E-state index in [1.165, 1.54) is 4.90 Å². The van der Waals surface area contributed by atoms with Gasteiger partial charge in [0.25, 0.3) is 0 Å². The zero-order valence-electron chi connectivity index (χ0n) is 5.78. The van der Waals surface area contributed by atoms with Crippen molar-refractivity contribution in [3.8, 4) is 0 Å². The molecule has 0 fully saturated rings. The van der Waals surface area contributed by atoms with Crippen LogP contribution in [0, 0.1) is 0 Å². The molecule has 0 amide bonds. The van der Waals surface area contributed by atoms with Gasteiger partial charge in [0, 0.05) is 10.4 Å². The van der Waals surface area contributed by atoms with E-state index in [1.807, 2.05) is 6.07 Å². The van der Waals surface area contributed by atoms with Gasteiger partial charge in [-0.3, -0.25) is 4.99 Å². The van der Waals surface area contributed by atoms with Gasteiger partial charge < -0.3 is 0 Å². The summed E-state index contributed by atoms with van der Waals surface area (Å²) in [5, 5.41) is 0. The van der Waals surface area contributed by atoms with Crippen LogP contribution in [0.15, 0.2) is 34.2 Å². The molecule has 0 radical (unpaired) electrons. The first-order valence-corrected chi connectivity index (χ1v) is 5.10. The number of benzene rings is 1. The topological polar surface area (TPSA) is 12.4 Å². The van der Waals surface area contributed by atoms with Crippen molar-refractivity contribution >= 4 is 22.1 Å². The van der Waals surface area contributed by atoms with Crippen LogP contribution in [0.4, 0.5) is 5.69 Å². The summed E-state index contributed by atoms with van der Waals surface area (Å²) in [5.41, 5.74) is 3.22. The van der Waals surface area contributed by atoms with Crippen LogP contribution in [0.2, 0.25) is 0 Å². The second kappa shape index (κ2) is 2.13. The molecule has 2 rings (SSSR count). The first-order valence-electron chi connectivity index (χ1n) is 3.24. The number of fused-ring (bicyclic) bond motifs is 1. The Hall–Kier alpha value is -0.760. The van der Waals surface area contributed by atoms with Crippen molar-refractivity contribution in [2.75, 3.05) is 6.26 Å². The van der Waals surface area contributed by atoms with E-state index in [0.29, 0.717) is 0 Å². The molecule has 1 heterocycles. The highest BCUT2D eigenvalue weighted by atomic mass is 32.2. The molecule has 52 valence electrons. The molecule has 1 aliphatic rings. The van der Waals surface area contributed by atoms with Gasteiger partial charge in [-0.2, -0.15) is 10.9 Å². The van der Waals surface area contributed by atoms with Crippen molar-refractivity contribution in [3.05, 3.63) is 24.3 Å². The number of thiol groups is 1. The van der Waals surface area contributed by atoms with Crippen LogP contribution in [0.25, 0.3) is 0 Å². The molecule has 2 heteroatoms. The molecule has 0 aliphatic carbocycles. The van der Waals surface area contributed by atoms with Crippen LogP contribution in [0.1, 0.15) is 0 Å². The lowest BCUT2D eigenvalue weighted by Gasteiger charge is -2.03. The fraction of sp³-hybridized carbons (Fsp3) is 0.125. The third-order valence-electron chi connectivity index (χ3n) is 1.63. The van der Waals surface area contributed by atoms with Crippen molar-refractivity contribution < 1.29 is 0 Å². The highest BCUT2D eigenvalue weighted by Crippen LogP contribution is 2.42. The van der Waals surface area contributed by atoms with Gasteiger partial charge in [0.1, 0.15) is 0 Å². The molecule has 0 bridgehead atoms. The molecule has 1 aliphatic heterocycles. The predicted molar refractivity (Wildman–Crippen MR) is 47.8 cm³/mol. The molecule has 1 nitrogen and oxygen atoms in total. The lowest BCUT2D eigenvalue weighted by Crippen LogP contribution is -1.72. The van der Waals surface area contributed by atoms with Crippen molar-refractivity contribution in [2.45, 2.75) is 4.90 Å². The van der Waals surface area contributed by atoms with Crippen LogP contribution in [-0.2, 0) is 0 Å². The molecule has 1 unspecified atom stereocenters. The standard InChI is InChI=1S/C8H9NS/c1-10-6-9-7-4-2-3-5-8(7)10/h2-6,10H,1H3. The minimum absolute atomic E-state index is 0.0725. The molecular weight excluding hydrogens is 142 g/mol. The Bertz CT molecular complexity index is 280. The van der Waals surface area contributed by atoms with Crippen molar-refractivity contribution in [1.82, 2.24) is 0 Å². The van der Waals surface area contributed by atoms with E-state index in [1.54, 1.807) is 0 Å². The average molecular weight is 151 g/mol. The maximum absolute atomic E-state index is 4.28. The Morgan fingerprint density at radius 1 is 1.30 bits per heavy atom. The number of rotatable bonds is 0. The Morgan fingerprint density at radius 3 is 2.90 bits per heavy atom. The Kier molecular flexibility index (Phi) is 1.27. The van der Waals surface area contributed by atoms with Crippen LogP contribution in [0.5, 0.6) is 0 Å². The van der Waals surface area contributed by atoms with E-state index in [4.69, 9.17) is 0 Å². The summed E-state index contributed by atoms with van der Waals surface area (Å²) in [6, 6.07) is 8.34. The number of para-hydroxylation sites is 1. The summed E-state index contributed by atoms with van der Waals surface area (Å²) in [6.45, 7) is 0. The van der Waals surface area contributed by atoms with Crippen LogP contribution in [0.3, 0.4) is 0 Å². The number of nitrogens with zero attached hydrogens (tertiary/aromatic N) is 1. The third kappa shape index (κ3) is 0.762. The normalized spacial score (nSPS) is 24.7. The van der Waals surface area contributed by atoms with Gasteiger partial charge in [0.05, 0.1) is 5.69 Å². The van der Waals surface area contributed by atoms with Crippen molar-refractivity contribution in [3.63, 3.8) is 0 Å². The smallest absolute Gasteiger partial charge is 0.0757 e. The lowest BCUT2D eigenvalue weighted by molar-refractivity contribution is 1.41. The number of aliphatic imine (C=N–C) groups is 1. The summed E-state index contributed by atoms with van der Waals surface area (Å²) in [6.07, 6.45) is 2.23. The molecule has 1 aromatic carbocycles. The Morgan fingerprint density at radius 2 is 2.10 bits per heavy atom. The molecule has 10 heavy (non-hydrogen) atoms. The van der Waals surface area contributed by atoms with Gasteiger partial charge in [-0.05, 0) is 18.4 Å². The summed E-state index contributed by atoms with van der Waals surface area (Å²) >= 11 is 0. The van der Waals surface area contributed by atoms with Gasteiger partial charge in [-0.25, -0.2) is 0 Å². The molecule has 1 aromatic rings. The molecule has 0 saturated heterocycles. The van der Waals surface area contributed by atoms with Crippen LogP contribution in [-0.4, -0.2) is 11.8 Å². The van der Waals surface area contributed by atoms with E-state index in [-0.39, 0.29) is 10.9 Å². The quantitative estimate of drug-likeness (QED) is 0.546. The Labute approximate surface area is 63.1 Å². The minimum Gasteiger partial charge on any atom is -0.250 e. The SMILES string of the molecule is C[SH]1C=Nc2ccccc21. The highest BCUT2D eigenvalue weighted by molar-refractivity contribution is 8.28. The molecule has 0 spiro atoms. The summed E-state index contributed by atoms with van der Waals surface area (Å²) < 4.78 is 0. The molecule has 0 saturated carbocycles. The van der Waals surface area contributed by atoms with Gasteiger partial charge in [-0.15, -0.1) is 0 Å². The number of hydrogen-bond donors (Lipinski definition) is 1. The van der Waals surface area contributed by atoms with Crippen LogP contribution < -0.4 is 0 Å². The third-order valence-corrected chi connectivity index (χ3v) is 3.23. The zero-order chi connectivity index (χ0) is 6.97. The van der Waals surface area contributed by atoms with Crippen molar-refractivity contribution in [2.24, 2.45) is 4.99 Å². The second-order valence-electron chi connectivity index (χ2n) is 2.34. The van der Waals surface area contributed by atoms with Crippen molar-refractivity contribution in [1.29, 1.82) is 0 Å². The monoisotopic (exact) mass is 151 g/mol. The maximum atomic E-state index is 4.28. The summed E-state index contributed by atoms with van der Waals surface area (Å²) in [4.78, 5) is 5.70. The summed E-state index contributed by atoms with van der Waals surface area (Å²) in [5.74, 6) is 0. The van der Waals surface area contributed by atoms with Gasteiger partial charge in [-0.1, -0.05) is 12.1 Å². The molecule has 1 atom stereocenters. The van der Waals surface area contributed by atoms with E-state index in [2.05, 4.69) is 35.0 Å². The van der Waals surface area contributed by atoms with E-state index < -0.39 is 0 Å². The average Bonchev–Trinajstić information content (AvgIpc) is 2.34. The minimum atomic E-state index is -0.0725. The highest BCUT2D eigenvalue weighted by Gasteiger charge is 2.08. The number of hydrogen-bond acceptors (Lipinski definition) is 1. The Balaban J connectivity index is 2.59. The van der Waals surface area contributed by atoms with E-state index in [9.17, 15) is 0 Å². The van der Waals surface area contributed by atoms with Gasteiger partial charge in [0.15, 0.2) is 0 Å². The van der Waals surface area contributed by atoms with Crippen LogP contribution >= 0.6 is 10.9 Å². The fourth-order valence-corrected chi connectivity index (χ4v) is 2.32. The maximum Gasteiger partial charge on any atom is 0.0757 e. The summed E-state index contributed by atoms with van der Waals surface area (Å²) in [7, 11) is -0.0725. The lowest BCUT2D eigenvalue weighted by atomic mass is 10.3. The van der Waals surface area contributed by atoms with Gasteiger partial charge in [0.2, 0.25) is 0 Å². The van der Waals surface area contributed by atoms with E-state index >= 15 is 0 Å². The van der Waals surface area contributed by atoms with Gasteiger partial charge >= 0.3 is 0 Å². The second-order valence-corrected chi connectivity index (χ2v) is 4.28. The largest absolute Gasteiger partial charge is 0.250 e. The van der Waals surface area contributed by atoms with E-state index in [0.717, 1.165) is 5.69 Å².